The molecule has 0 radical (unpaired) electrons. The van der Waals surface area contributed by atoms with E-state index in [1.165, 1.54) is 5.56 Å². The molecule has 27 heavy (non-hydrogen) atoms. The van der Waals surface area contributed by atoms with E-state index in [9.17, 15) is 0 Å². The van der Waals surface area contributed by atoms with E-state index in [1.807, 2.05) is 32.6 Å². The summed E-state index contributed by atoms with van der Waals surface area (Å²) in [6.07, 6.45) is 12.1. The average molecular weight is 364 g/mol. The van der Waals surface area contributed by atoms with E-state index in [1.54, 1.807) is 12.4 Å². The van der Waals surface area contributed by atoms with Gasteiger partial charge in [0.1, 0.15) is 5.65 Å². The van der Waals surface area contributed by atoms with E-state index in [0.717, 1.165) is 43.7 Å². The summed E-state index contributed by atoms with van der Waals surface area (Å²) in [4.78, 5) is 4.26. The Bertz CT molecular complexity index is 953. The third kappa shape index (κ3) is 4.05. The molecule has 0 aromatic carbocycles. The number of imidazole rings is 1. The number of nitrogens with zero attached hydrogens (tertiary/aromatic N) is 7. The third-order valence-electron chi connectivity index (χ3n) is 4.74. The summed E-state index contributed by atoms with van der Waals surface area (Å²) in [5.41, 5.74) is 3.65. The Balaban J connectivity index is 1.26. The number of rotatable bonds is 8. The zero-order valence-corrected chi connectivity index (χ0v) is 15.5. The highest BCUT2D eigenvalue weighted by Gasteiger charge is 2.20. The van der Waals surface area contributed by atoms with Crippen molar-refractivity contribution >= 4 is 11.4 Å². The summed E-state index contributed by atoms with van der Waals surface area (Å²) in [6, 6.07) is 4.24. The van der Waals surface area contributed by atoms with Crippen molar-refractivity contribution in [2.75, 3.05) is 6.54 Å². The summed E-state index contributed by atoms with van der Waals surface area (Å²) >= 11 is 0. The minimum atomic E-state index is 0.146. The highest BCUT2D eigenvalue weighted by Crippen LogP contribution is 2.18. The predicted octanol–water partition coefficient (Wildman–Crippen LogP) is 3.34. The van der Waals surface area contributed by atoms with Gasteiger partial charge in [-0.25, -0.2) is 4.98 Å². The van der Waals surface area contributed by atoms with Gasteiger partial charge in [0.25, 0.3) is 0 Å². The van der Waals surface area contributed by atoms with Crippen LogP contribution in [0.4, 0.5) is 0 Å². The van der Waals surface area contributed by atoms with Crippen LogP contribution in [0.5, 0.6) is 0 Å². The van der Waals surface area contributed by atoms with Crippen molar-refractivity contribution in [2.24, 2.45) is 10.3 Å². The van der Waals surface area contributed by atoms with Gasteiger partial charge >= 0.3 is 0 Å². The minimum absolute atomic E-state index is 0.146. The number of aromatic nitrogens is 4. The average Bonchev–Trinajstić information content (AvgIpc) is 3.40. The Morgan fingerprint density at radius 3 is 3.11 bits per heavy atom. The molecule has 140 valence electrons. The highest BCUT2D eigenvalue weighted by molar-refractivity contribution is 5.97. The van der Waals surface area contributed by atoms with Crippen LogP contribution < -0.4 is 0 Å². The molecule has 0 saturated carbocycles. The largest absolute Gasteiger partial charge is 0.307 e. The van der Waals surface area contributed by atoms with Gasteiger partial charge < -0.3 is 9.81 Å². The smallest absolute Gasteiger partial charge is 0.136 e. The first-order valence-corrected chi connectivity index (χ1v) is 9.39. The number of pyridine rings is 1. The third-order valence-corrected chi connectivity index (χ3v) is 4.74. The van der Waals surface area contributed by atoms with Gasteiger partial charge in [0.05, 0.1) is 25.3 Å². The maximum atomic E-state index is 8.28. The van der Waals surface area contributed by atoms with Gasteiger partial charge in [-0.05, 0) is 30.9 Å². The van der Waals surface area contributed by atoms with Crippen molar-refractivity contribution in [2.45, 2.75) is 45.3 Å². The van der Waals surface area contributed by atoms with E-state index in [4.69, 9.17) is 5.41 Å². The quantitative estimate of drug-likeness (QED) is 0.622. The normalized spacial score (nSPS) is 16.5. The van der Waals surface area contributed by atoms with E-state index in [0.29, 0.717) is 12.1 Å². The van der Waals surface area contributed by atoms with Crippen molar-refractivity contribution in [3.05, 3.63) is 54.2 Å². The van der Waals surface area contributed by atoms with Crippen LogP contribution in [-0.2, 0) is 13.1 Å². The van der Waals surface area contributed by atoms with E-state index in [-0.39, 0.29) is 6.04 Å². The molecule has 4 rings (SSSR count). The van der Waals surface area contributed by atoms with Crippen LogP contribution in [0, 0.1) is 5.41 Å². The SMILES string of the molecule is CCCn1cc(C(=N)CCC2CN(Cc3ccc4nccn4c3)N=N2)cn1. The Morgan fingerprint density at radius 2 is 2.22 bits per heavy atom. The molecule has 1 unspecified atom stereocenters. The van der Waals surface area contributed by atoms with Crippen molar-refractivity contribution < 1.29 is 0 Å². The Hall–Kier alpha value is -3.03. The van der Waals surface area contributed by atoms with Gasteiger partial charge in [-0.1, -0.05) is 18.2 Å². The second kappa shape index (κ2) is 7.69. The Kier molecular flexibility index (Phi) is 4.95. The van der Waals surface area contributed by atoms with Crippen LogP contribution in [0.1, 0.15) is 37.3 Å². The molecule has 0 fully saturated rings. The van der Waals surface area contributed by atoms with Crippen LogP contribution in [0.3, 0.4) is 0 Å². The highest BCUT2D eigenvalue weighted by atomic mass is 15.6. The molecule has 0 amide bonds. The van der Waals surface area contributed by atoms with Crippen LogP contribution in [0.15, 0.2) is 53.5 Å². The number of nitrogens with one attached hydrogen (secondary N) is 1. The molecule has 0 saturated heterocycles. The number of hydrogen-bond donors (Lipinski definition) is 1. The van der Waals surface area contributed by atoms with Crippen molar-refractivity contribution in [1.82, 2.24) is 24.2 Å². The van der Waals surface area contributed by atoms with Crippen molar-refractivity contribution in [3.8, 4) is 0 Å². The number of fused-ring (bicyclic) bond motifs is 1. The molecule has 0 bridgehead atoms. The predicted molar refractivity (Wildman–Crippen MR) is 103 cm³/mol. The summed E-state index contributed by atoms with van der Waals surface area (Å²) in [5, 5.41) is 23.3. The van der Waals surface area contributed by atoms with E-state index >= 15 is 0 Å². The molecule has 4 heterocycles. The lowest BCUT2D eigenvalue weighted by Crippen LogP contribution is -2.21. The first-order valence-electron chi connectivity index (χ1n) is 9.39. The number of hydrogen-bond acceptors (Lipinski definition) is 6. The fourth-order valence-corrected chi connectivity index (χ4v) is 3.30. The topological polar surface area (TPSA) is 86.9 Å². The summed E-state index contributed by atoms with van der Waals surface area (Å²) in [6.45, 7) is 4.54. The molecule has 1 atom stereocenters. The first kappa shape index (κ1) is 17.4. The molecule has 1 N–H and O–H groups in total. The van der Waals surface area contributed by atoms with Gasteiger partial charge in [0, 0.05) is 42.6 Å². The summed E-state index contributed by atoms with van der Waals surface area (Å²) in [5.74, 6) is 0. The lowest BCUT2D eigenvalue weighted by Gasteiger charge is -2.14. The summed E-state index contributed by atoms with van der Waals surface area (Å²) in [7, 11) is 0. The lowest BCUT2D eigenvalue weighted by molar-refractivity contribution is 0.298. The maximum Gasteiger partial charge on any atom is 0.136 e. The van der Waals surface area contributed by atoms with Gasteiger partial charge in [-0.15, -0.1) is 0 Å². The fraction of sp³-hybridized carbons (Fsp3) is 0.421. The second-order valence-electron chi connectivity index (χ2n) is 6.95. The first-order chi connectivity index (χ1) is 13.2. The molecule has 1 aliphatic rings. The van der Waals surface area contributed by atoms with E-state index < -0.39 is 0 Å². The van der Waals surface area contributed by atoms with Crippen LogP contribution >= 0.6 is 0 Å². The molecular formula is C19H24N8. The maximum absolute atomic E-state index is 8.28. The zero-order chi connectivity index (χ0) is 18.6. The lowest BCUT2D eigenvalue weighted by atomic mass is 10.1. The molecule has 0 spiro atoms. The number of aryl methyl sites for hydroxylation is 1. The standard InChI is InChI=1S/C19H24N8/c1-2-8-26-13-16(10-22-26)18(20)5-4-17-14-27(24-23-17)12-15-3-6-19-21-7-9-25(19)11-15/h3,6-7,9-11,13,17,20H,2,4-5,8,12,14H2,1H3. The molecule has 1 aliphatic heterocycles. The van der Waals surface area contributed by atoms with Crippen LogP contribution in [-0.4, -0.2) is 42.5 Å². The Morgan fingerprint density at radius 1 is 1.30 bits per heavy atom. The van der Waals surface area contributed by atoms with E-state index in [2.05, 4.69) is 39.6 Å². The molecule has 0 aliphatic carbocycles. The molecule has 3 aromatic rings. The van der Waals surface area contributed by atoms with Crippen LogP contribution in [0.25, 0.3) is 5.65 Å². The van der Waals surface area contributed by atoms with Gasteiger partial charge in [-0.2, -0.15) is 10.2 Å². The van der Waals surface area contributed by atoms with Crippen molar-refractivity contribution in [1.29, 1.82) is 5.41 Å². The minimum Gasteiger partial charge on any atom is -0.307 e. The zero-order valence-electron chi connectivity index (χ0n) is 15.5. The molecular weight excluding hydrogens is 340 g/mol. The van der Waals surface area contributed by atoms with Gasteiger partial charge in [0.15, 0.2) is 0 Å². The Labute approximate surface area is 158 Å². The van der Waals surface area contributed by atoms with Crippen LogP contribution in [0.2, 0.25) is 0 Å². The van der Waals surface area contributed by atoms with Gasteiger partial charge in [-0.3, -0.25) is 9.69 Å². The van der Waals surface area contributed by atoms with Crippen molar-refractivity contribution in [3.63, 3.8) is 0 Å². The molecule has 8 heteroatoms. The summed E-state index contributed by atoms with van der Waals surface area (Å²) < 4.78 is 3.91. The monoisotopic (exact) mass is 364 g/mol. The molecule has 8 nitrogen and oxygen atoms in total. The molecule has 3 aromatic heterocycles. The van der Waals surface area contributed by atoms with Gasteiger partial charge in [0.2, 0.25) is 0 Å². The fourth-order valence-electron chi connectivity index (χ4n) is 3.30. The second-order valence-corrected chi connectivity index (χ2v) is 6.95.